The number of rotatable bonds is 3. The van der Waals surface area contributed by atoms with E-state index >= 15 is 0 Å². The molecule has 94 valence electrons. The van der Waals surface area contributed by atoms with Crippen LogP contribution in [0.15, 0.2) is 27.1 Å². The van der Waals surface area contributed by atoms with Crippen molar-refractivity contribution in [1.82, 2.24) is 4.98 Å². The Hall–Kier alpha value is -0.820. The van der Waals surface area contributed by atoms with Gasteiger partial charge in [-0.1, -0.05) is 23.2 Å². The molecule has 0 spiro atoms. The second-order valence-electron chi connectivity index (χ2n) is 3.24. The molecule has 1 heterocycles. The Morgan fingerprint density at radius 2 is 2.22 bits per heavy atom. The zero-order valence-corrected chi connectivity index (χ0v) is 12.7. The van der Waals surface area contributed by atoms with Crippen molar-refractivity contribution in [2.45, 2.75) is 0 Å². The fourth-order valence-electron chi connectivity index (χ4n) is 1.16. The monoisotopic (exact) mass is 364 g/mol. The molecule has 0 radical (unpaired) electrons. The average Bonchev–Trinajstić information content (AvgIpc) is 2.71. The maximum Gasteiger partial charge on any atom is 0.205 e. The number of anilines is 2. The van der Waals surface area contributed by atoms with Crippen molar-refractivity contribution < 1.29 is 0 Å². The molecular formula is C10H7BrCl2N4S. The number of hydrogen-bond acceptors (Lipinski definition) is 5. The highest BCUT2D eigenvalue weighted by molar-refractivity contribution is 9.10. The quantitative estimate of drug-likeness (QED) is 0.485. The molecule has 1 aromatic heterocycles. The molecule has 4 nitrogen and oxygen atoms in total. The van der Waals surface area contributed by atoms with E-state index in [1.807, 2.05) is 0 Å². The third-order valence-electron chi connectivity index (χ3n) is 1.91. The molecule has 0 aliphatic rings. The van der Waals surface area contributed by atoms with Crippen LogP contribution in [-0.2, 0) is 0 Å². The summed E-state index contributed by atoms with van der Waals surface area (Å²) >= 11 is 16.7. The summed E-state index contributed by atoms with van der Waals surface area (Å²) in [5.74, 6) is 0.459. The van der Waals surface area contributed by atoms with Gasteiger partial charge in [-0.25, -0.2) is 4.98 Å². The number of benzene rings is 1. The van der Waals surface area contributed by atoms with E-state index in [0.29, 0.717) is 26.6 Å². The number of nitrogen functional groups attached to an aromatic ring is 1. The summed E-state index contributed by atoms with van der Waals surface area (Å²) in [4.78, 5) is 4.00. The van der Waals surface area contributed by atoms with Gasteiger partial charge in [-0.15, -0.1) is 11.3 Å². The molecule has 3 N–H and O–H groups in total. The summed E-state index contributed by atoms with van der Waals surface area (Å²) < 4.78 is 0.719. The lowest BCUT2D eigenvalue weighted by molar-refractivity contribution is 1.29. The highest BCUT2D eigenvalue weighted by Gasteiger charge is 2.04. The van der Waals surface area contributed by atoms with Gasteiger partial charge in [-0.2, -0.15) is 5.10 Å². The van der Waals surface area contributed by atoms with Gasteiger partial charge < -0.3 is 5.73 Å². The normalized spacial score (nSPS) is 11.1. The zero-order valence-electron chi connectivity index (χ0n) is 8.82. The van der Waals surface area contributed by atoms with Gasteiger partial charge >= 0.3 is 0 Å². The Balaban J connectivity index is 2.14. The molecule has 18 heavy (non-hydrogen) atoms. The van der Waals surface area contributed by atoms with Crippen LogP contribution in [0.3, 0.4) is 0 Å². The Labute approximate surface area is 126 Å². The second kappa shape index (κ2) is 5.88. The topological polar surface area (TPSA) is 63.3 Å². The Morgan fingerprint density at radius 3 is 2.89 bits per heavy atom. The lowest BCUT2D eigenvalue weighted by atomic mass is 10.2. The zero-order chi connectivity index (χ0) is 13.1. The van der Waals surface area contributed by atoms with Crippen LogP contribution in [0.4, 0.5) is 10.9 Å². The van der Waals surface area contributed by atoms with E-state index in [9.17, 15) is 0 Å². The van der Waals surface area contributed by atoms with Crippen LogP contribution < -0.4 is 11.2 Å². The summed E-state index contributed by atoms with van der Waals surface area (Å²) in [6.45, 7) is 0. The minimum atomic E-state index is 0.459. The number of aromatic nitrogens is 1. The summed E-state index contributed by atoms with van der Waals surface area (Å²) in [5, 5.41) is 7.48. The van der Waals surface area contributed by atoms with Crippen molar-refractivity contribution in [3.8, 4) is 0 Å². The van der Waals surface area contributed by atoms with Crippen LogP contribution in [0.2, 0.25) is 10.0 Å². The summed E-state index contributed by atoms with van der Waals surface area (Å²) in [6.07, 6.45) is 1.57. The molecule has 0 unspecified atom stereocenters. The van der Waals surface area contributed by atoms with Gasteiger partial charge in [-0.3, -0.25) is 5.43 Å². The predicted octanol–water partition coefficient (Wildman–Crippen LogP) is 4.24. The lowest BCUT2D eigenvalue weighted by Gasteiger charge is -2.01. The Kier molecular flexibility index (Phi) is 4.45. The summed E-state index contributed by atoms with van der Waals surface area (Å²) in [6, 6.07) is 3.44. The van der Waals surface area contributed by atoms with Crippen LogP contribution >= 0.6 is 50.5 Å². The largest absolute Gasteiger partial charge is 0.383 e. The molecule has 0 atom stereocenters. The first-order valence-electron chi connectivity index (χ1n) is 4.71. The standard InChI is InChI=1S/C10H7BrCl2N4S/c11-7-2-6(12)1-5(9(7)13)3-15-17-10-16-8(14)4-18-10/h1-4H,14H2,(H,16,17). The molecule has 0 saturated heterocycles. The fourth-order valence-corrected chi connectivity index (χ4v) is 2.70. The number of hydrogen-bond donors (Lipinski definition) is 2. The van der Waals surface area contributed by atoms with Crippen molar-refractivity contribution >= 4 is 67.6 Å². The first-order chi connectivity index (χ1) is 8.56. The van der Waals surface area contributed by atoms with E-state index in [4.69, 9.17) is 28.9 Å². The van der Waals surface area contributed by atoms with E-state index in [1.54, 1.807) is 23.7 Å². The van der Waals surface area contributed by atoms with E-state index in [2.05, 4.69) is 31.4 Å². The lowest BCUT2D eigenvalue weighted by Crippen LogP contribution is -1.92. The van der Waals surface area contributed by atoms with Crippen molar-refractivity contribution in [3.05, 3.63) is 37.6 Å². The molecule has 0 aliphatic carbocycles. The van der Waals surface area contributed by atoms with Gasteiger partial charge in [0.05, 0.1) is 11.2 Å². The number of nitrogens with zero attached hydrogens (tertiary/aromatic N) is 2. The van der Waals surface area contributed by atoms with Gasteiger partial charge in [-0.05, 0) is 28.1 Å². The smallest absolute Gasteiger partial charge is 0.205 e. The van der Waals surface area contributed by atoms with Crippen molar-refractivity contribution in [2.24, 2.45) is 5.10 Å². The molecule has 2 rings (SSSR count). The maximum absolute atomic E-state index is 6.09. The predicted molar refractivity (Wildman–Crippen MR) is 81.9 cm³/mol. The molecule has 0 amide bonds. The van der Waals surface area contributed by atoms with Crippen LogP contribution in [0, 0.1) is 0 Å². The summed E-state index contributed by atoms with van der Waals surface area (Å²) in [5.41, 5.74) is 8.95. The molecule has 1 aromatic carbocycles. The van der Waals surface area contributed by atoms with Crippen LogP contribution in [-0.4, -0.2) is 11.2 Å². The molecule has 0 fully saturated rings. The van der Waals surface area contributed by atoms with E-state index in [-0.39, 0.29) is 0 Å². The van der Waals surface area contributed by atoms with Gasteiger partial charge in [0, 0.05) is 20.4 Å². The van der Waals surface area contributed by atoms with Crippen molar-refractivity contribution in [2.75, 3.05) is 11.2 Å². The maximum atomic E-state index is 6.09. The Bertz CT molecular complexity index is 600. The molecule has 0 saturated carbocycles. The highest BCUT2D eigenvalue weighted by Crippen LogP contribution is 2.29. The average molecular weight is 366 g/mol. The van der Waals surface area contributed by atoms with Gasteiger partial charge in [0.25, 0.3) is 0 Å². The van der Waals surface area contributed by atoms with E-state index < -0.39 is 0 Å². The number of hydrazone groups is 1. The van der Waals surface area contributed by atoms with Gasteiger partial charge in [0.15, 0.2) is 0 Å². The van der Waals surface area contributed by atoms with Gasteiger partial charge in [0.1, 0.15) is 5.82 Å². The third kappa shape index (κ3) is 3.35. The van der Waals surface area contributed by atoms with Crippen molar-refractivity contribution in [3.63, 3.8) is 0 Å². The minimum Gasteiger partial charge on any atom is -0.383 e. The van der Waals surface area contributed by atoms with E-state index in [0.717, 1.165) is 4.47 Å². The highest BCUT2D eigenvalue weighted by atomic mass is 79.9. The first-order valence-corrected chi connectivity index (χ1v) is 7.14. The Morgan fingerprint density at radius 1 is 1.44 bits per heavy atom. The number of nitrogens with one attached hydrogen (secondary N) is 1. The number of nitrogens with two attached hydrogens (primary N) is 1. The summed E-state index contributed by atoms with van der Waals surface area (Å²) in [7, 11) is 0. The first kappa shape index (κ1) is 13.6. The molecule has 0 bridgehead atoms. The van der Waals surface area contributed by atoms with Gasteiger partial charge in [0.2, 0.25) is 5.13 Å². The fraction of sp³-hybridized carbons (Fsp3) is 0. The third-order valence-corrected chi connectivity index (χ3v) is 4.17. The molecule has 0 aliphatic heterocycles. The SMILES string of the molecule is Nc1csc(NN=Cc2cc(Cl)cc(Br)c2Cl)n1. The van der Waals surface area contributed by atoms with Crippen LogP contribution in [0.1, 0.15) is 5.56 Å². The van der Waals surface area contributed by atoms with Crippen LogP contribution in [0.25, 0.3) is 0 Å². The number of halogens is 3. The molecular weight excluding hydrogens is 359 g/mol. The van der Waals surface area contributed by atoms with Crippen LogP contribution in [0.5, 0.6) is 0 Å². The molecule has 8 heteroatoms. The second-order valence-corrected chi connectivity index (χ2v) is 5.77. The molecule has 2 aromatic rings. The minimum absolute atomic E-state index is 0.459. The van der Waals surface area contributed by atoms with Crippen molar-refractivity contribution in [1.29, 1.82) is 0 Å². The number of thiazole rings is 1. The van der Waals surface area contributed by atoms with E-state index in [1.165, 1.54) is 11.3 Å².